The summed E-state index contributed by atoms with van der Waals surface area (Å²) in [5.41, 5.74) is 0. The van der Waals surface area contributed by atoms with Crippen LogP contribution >= 0.6 is 0 Å². The van der Waals surface area contributed by atoms with E-state index in [0.717, 1.165) is 19.3 Å². The molecule has 2 rings (SSSR count). The smallest absolute Gasteiger partial charge is 0.328 e. The first-order valence-corrected chi connectivity index (χ1v) is 7.04. The summed E-state index contributed by atoms with van der Waals surface area (Å²) in [6, 6.07) is -1.08. The van der Waals surface area contributed by atoms with Gasteiger partial charge in [0.15, 0.2) is 0 Å². The van der Waals surface area contributed by atoms with Crippen LogP contribution in [0.1, 0.15) is 33.1 Å². The fraction of sp³-hybridized carbons (Fsp3) is 0.769. The highest BCUT2D eigenvalue weighted by Crippen LogP contribution is 2.28. The zero-order valence-electron chi connectivity index (χ0n) is 11.8. The molecule has 20 heavy (non-hydrogen) atoms. The maximum atomic E-state index is 12.6. The number of carbonyl (C=O) groups is 3. The first-order chi connectivity index (χ1) is 9.45. The molecule has 0 bridgehead atoms. The lowest BCUT2D eigenvalue weighted by Gasteiger charge is -2.38. The summed E-state index contributed by atoms with van der Waals surface area (Å²) in [4.78, 5) is 38.3. The van der Waals surface area contributed by atoms with Gasteiger partial charge in [-0.2, -0.15) is 0 Å². The van der Waals surface area contributed by atoms with Crippen LogP contribution < -0.4 is 5.32 Å². The zero-order chi connectivity index (χ0) is 14.9. The van der Waals surface area contributed by atoms with Crippen molar-refractivity contribution in [1.82, 2.24) is 15.1 Å². The summed E-state index contributed by atoms with van der Waals surface area (Å²) in [5, 5.41) is 11.7. The number of hydrogen-bond donors (Lipinski definition) is 2. The van der Waals surface area contributed by atoms with Crippen molar-refractivity contribution in [2.75, 3.05) is 13.1 Å². The lowest BCUT2D eigenvalue weighted by atomic mass is 10.1. The van der Waals surface area contributed by atoms with Crippen molar-refractivity contribution in [3.63, 3.8) is 0 Å². The number of carboxylic acid groups (broad SMARTS) is 1. The van der Waals surface area contributed by atoms with E-state index in [1.165, 1.54) is 4.90 Å². The lowest BCUT2D eigenvalue weighted by molar-refractivity contribution is -0.144. The standard InChI is InChI=1S/C13H21N3O4/c1-3-9-5-4-8(2)16(9)13(20)15-7-11(17)14-6-10(15)12(18)19/h8-10H,3-7H2,1-2H3,(H,14,17)(H,18,19). The molecular weight excluding hydrogens is 262 g/mol. The van der Waals surface area contributed by atoms with Gasteiger partial charge < -0.3 is 15.3 Å². The van der Waals surface area contributed by atoms with E-state index in [-0.39, 0.29) is 37.1 Å². The average Bonchev–Trinajstić information content (AvgIpc) is 2.78. The van der Waals surface area contributed by atoms with Crippen LogP contribution in [0.25, 0.3) is 0 Å². The van der Waals surface area contributed by atoms with Crippen LogP contribution in [0.3, 0.4) is 0 Å². The summed E-state index contributed by atoms with van der Waals surface area (Å²) in [6.07, 6.45) is 2.69. The van der Waals surface area contributed by atoms with E-state index in [1.807, 2.05) is 13.8 Å². The quantitative estimate of drug-likeness (QED) is 0.760. The van der Waals surface area contributed by atoms with Crippen LogP contribution in [-0.4, -0.2) is 64.0 Å². The fourth-order valence-corrected chi connectivity index (χ4v) is 3.03. The summed E-state index contributed by atoms with van der Waals surface area (Å²) in [6.45, 7) is 3.77. The Morgan fingerprint density at radius 2 is 2.10 bits per heavy atom. The Labute approximate surface area is 117 Å². The first-order valence-electron chi connectivity index (χ1n) is 7.04. The average molecular weight is 283 g/mol. The van der Waals surface area contributed by atoms with E-state index in [2.05, 4.69) is 5.32 Å². The number of nitrogens with zero attached hydrogens (tertiary/aromatic N) is 2. The van der Waals surface area contributed by atoms with Crippen molar-refractivity contribution in [1.29, 1.82) is 0 Å². The molecule has 2 N–H and O–H groups in total. The highest BCUT2D eigenvalue weighted by Gasteiger charge is 2.42. The topological polar surface area (TPSA) is 90.0 Å². The van der Waals surface area contributed by atoms with Gasteiger partial charge in [0, 0.05) is 18.6 Å². The fourth-order valence-electron chi connectivity index (χ4n) is 3.03. The molecule has 2 saturated heterocycles. The van der Waals surface area contributed by atoms with E-state index >= 15 is 0 Å². The molecule has 7 nitrogen and oxygen atoms in total. The van der Waals surface area contributed by atoms with Gasteiger partial charge in [0.25, 0.3) is 0 Å². The Morgan fingerprint density at radius 3 is 2.70 bits per heavy atom. The van der Waals surface area contributed by atoms with Gasteiger partial charge in [-0.3, -0.25) is 9.69 Å². The number of rotatable bonds is 2. The third-order valence-electron chi connectivity index (χ3n) is 4.19. The molecule has 0 aromatic carbocycles. The number of carbonyl (C=O) groups excluding carboxylic acids is 2. The maximum absolute atomic E-state index is 12.6. The van der Waals surface area contributed by atoms with Gasteiger partial charge in [-0.15, -0.1) is 0 Å². The molecule has 3 atom stereocenters. The van der Waals surface area contributed by atoms with Crippen LogP contribution in [0.4, 0.5) is 4.79 Å². The number of piperazine rings is 1. The monoisotopic (exact) mass is 283 g/mol. The third-order valence-corrected chi connectivity index (χ3v) is 4.19. The molecule has 2 aliphatic rings. The van der Waals surface area contributed by atoms with Crippen LogP contribution in [0.5, 0.6) is 0 Å². The Bertz CT molecular complexity index is 426. The highest BCUT2D eigenvalue weighted by atomic mass is 16.4. The summed E-state index contributed by atoms with van der Waals surface area (Å²) >= 11 is 0. The van der Waals surface area contributed by atoms with E-state index < -0.39 is 12.0 Å². The second kappa shape index (κ2) is 5.68. The molecule has 0 spiro atoms. The van der Waals surface area contributed by atoms with Gasteiger partial charge in [-0.05, 0) is 26.2 Å². The van der Waals surface area contributed by atoms with Gasteiger partial charge >= 0.3 is 12.0 Å². The molecule has 0 aromatic rings. The molecule has 0 saturated carbocycles. The number of hydrogen-bond acceptors (Lipinski definition) is 3. The number of aliphatic carboxylic acids is 1. The number of carboxylic acids is 1. The van der Waals surface area contributed by atoms with Gasteiger partial charge in [0.2, 0.25) is 5.91 Å². The molecule has 2 aliphatic heterocycles. The molecule has 3 unspecified atom stereocenters. The van der Waals surface area contributed by atoms with E-state index in [4.69, 9.17) is 0 Å². The molecule has 0 aromatic heterocycles. The van der Waals surface area contributed by atoms with Gasteiger partial charge in [-0.1, -0.05) is 6.92 Å². The third kappa shape index (κ3) is 2.57. The lowest BCUT2D eigenvalue weighted by Crippen LogP contribution is -2.62. The van der Waals surface area contributed by atoms with E-state index in [0.29, 0.717) is 0 Å². The summed E-state index contributed by atoms with van der Waals surface area (Å²) in [7, 11) is 0. The molecule has 0 radical (unpaired) electrons. The zero-order valence-corrected chi connectivity index (χ0v) is 11.8. The first kappa shape index (κ1) is 14.6. The second-order valence-corrected chi connectivity index (χ2v) is 5.46. The molecular formula is C13H21N3O4. The van der Waals surface area contributed by atoms with Crippen molar-refractivity contribution in [2.24, 2.45) is 0 Å². The van der Waals surface area contributed by atoms with Gasteiger partial charge in [0.1, 0.15) is 12.6 Å². The number of nitrogens with one attached hydrogen (secondary N) is 1. The predicted octanol–water partition coefficient (Wildman–Crippen LogP) is 0.254. The Balaban J connectivity index is 2.20. The molecule has 2 fully saturated rings. The largest absolute Gasteiger partial charge is 0.480 e. The minimum Gasteiger partial charge on any atom is -0.480 e. The molecule has 0 aliphatic carbocycles. The molecule has 2 heterocycles. The van der Waals surface area contributed by atoms with Crippen molar-refractivity contribution >= 4 is 17.9 Å². The summed E-state index contributed by atoms with van der Waals surface area (Å²) < 4.78 is 0. The molecule has 7 heteroatoms. The van der Waals surface area contributed by atoms with E-state index in [9.17, 15) is 19.5 Å². The van der Waals surface area contributed by atoms with Crippen molar-refractivity contribution in [3.05, 3.63) is 0 Å². The minimum absolute atomic E-state index is 0.0288. The maximum Gasteiger partial charge on any atom is 0.328 e. The van der Waals surface area contributed by atoms with E-state index in [1.54, 1.807) is 4.90 Å². The normalized spacial score (nSPS) is 30.3. The Kier molecular flexibility index (Phi) is 4.15. The predicted molar refractivity (Wildman–Crippen MR) is 71.1 cm³/mol. The van der Waals surface area contributed by atoms with Crippen molar-refractivity contribution in [2.45, 2.75) is 51.2 Å². The van der Waals surface area contributed by atoms with Gasteiger partial charge in [-0.25, -0.2) is 9.59 Å². The van der Waals surface area contributed by atoms with Crippen LogP contribution in [0.2, 0.25) is 0 Å². The summed E-state index contributed by atoms with van der Waals surface area (Å²) in [5.74, 6) is -1.39. The Morgan fingerprint density at radius 1 is 1.40 bits per heavy atom. The van der Waals surface area contributed by atoms with Crippen LogP contribution in [0, 0.1) is 0 Å². The Hall–Kier alpha value is -1.79. The minimum atomic E-state index is -1.08. The number of likely N-dealkylation sites (tertiary alicyclic amines) is 1. The molecule has 112 valence electrons. The number of amides is 3. The highest BCUT2D eigenvalue weighted by molar-refractivity contribution is 5.90. The van der Waals surface area contributed by atoms with Gasteiger partial charge in [0.05, 0.1) is 0 Å². The number of urea groups is 1. The van der Waals surface area contributed by atoms with Crippen LogP contribution in [-0.2, 0) is 9.59 Å². The second-order valence-electron chi connectivity index (χ2n) is 5.46. The van der Waals surface area contributed by atoms with Crippen molar-refractivity contribution < 1.29 is 19.5 Å². The molecule has 3 amide bonds. The van der Waals surface area contributed by atoms with Crippen LogP contribution in [0.15, 0.2) is 0 Å². The SMILES string of the molecule is CCC1CCC(C)N1C(=O)N1CC(=O)NCC1C(=O)O. The van der Waals surface area contributed by atoms with Crippen molar-refractivity contribution in [3.8, 4) is 0 Å².